The Morgan fingerprint density at radius 3 is 2.61 bits per heavy atom. The number of carbonyl (C=O) groups is 1. The Bertz CT molecular complexity index is 422. The Morgan fingerprint density at radius 1 is 1.39 bits per heavy atom. The molecule has 0 aliphatic rings. The molecule has 1 rings (SSSR count). The first kappa shape index (κ1) is 14.4. The highest BCUT2D eigenvalue weighted by molar-refractivity contribution is 5.97. The molecule has 0 radical (unpaired) electrons. The molecule has 1 aromatic carbocycles. The first-order valence-corrected chi connectivity index (χ1v) is 6.05. The number of hydrogen-bond donors (Lipinski definition) is 2. The van der Waals surface area contributed by atoms with Gasteiger partial charge in [-0.15, -0.1) is 0 Å². The number of nitrogens with two attached hydrogens (primary N) is 1. The van der Waals surface area contributed by atoms with Crippen molar-refractivity contribution in [2.75, 3.05) is 19.4 Å². The maximum Gasteiger partial charge on any atom is 0.255 e. The fourth-order valence-electron chi connectivity index (χ4n) is 1.54. The van der Waals surface area contributed by atoms with E-state index in [0.29, 0.717) is 23.5 Å². The zero-order chi connectivity index (χ0) is 13.8. The van der Waals surface area contributed by atoms with Crippen LogP contribution >= 0.6 is 0 Å². The van der Waals surface area contributed by atoms with Gasteiger partial charge in [-0.25, -0.2) is 0 Å². The lowest BCUT2D eigenvalue weighted by Gasteiger charge is -2.18. The SMILES string of the molecule is COc1cc(N)ccc1C(=O)NCCC(C)(C)C. The Labute approximate surface area is 109 Å². The van der Waals surface area contributed by atoms with Gasteiger partial charge in [-0.2, -0.15) is 0 Å². The molecule has 0 aromatic heterocycles. The summed E-state index contributed by atoms with van der Waals surface area (Å²) in [5.41, 5.74) is 6.95. The van der Waals surface area contributed by atoms with Gasteiger partial charge in [0.2, 0.25) is 0 Å². The van der Waals surface area contributed by atoms with E-state index >= 15 is 0 Å². The average molecular weight is 250 g/mol. The number of benzene rings is 1. The van der Waals surface area contributed by atoms with E-state index in [-0.39, 0.29) is 11.3 Å². The van der Waals surface area contributed by atoms with Crippen molar-refractivity contribution in [3.63, 3.8) is 0 Å². The lowest BCUT2D eigenvalue weighted by Crippen LogP contribution is -2.27. The van der Waals surface area contributed by atoms with Gasteiger partial charge in [0.1, 0.15) is 5.75 Å². The Hall–Kier alpha value is -1.71. The second-order valence-electron chi connectivity index (χ2n) is 5.53. The van der Waals surface area contributed by atoms with Crippen LogP contribution in [0.2, 0.25) is 0 Å². The minimum atomic E-state index is -0.129. The van der Waals surface area contributed by atoms with Gasteiger partial charge in [0, 0.05) is 18.3 Å². The number of methoxy groups -OCH3 is 1. The highest BCUT2D eigenvalue weighted by atomic mass is 16.5. The van der Waals surface area contributed by atoms with Gasteiger partial charge in [0.15, 0.2) is 0 Å². The third kappa shape index (κ3) is 4.28. The van der Waals surface area contributed by atoms with Crippen LogP contribution in [0, 0.1) is 5.41 Å². The molecule has 0 aliphatic heterocycles. The third-order valence-corrected chi connectivity index (χ3v) is 2.63. The van der Waals surface area contributed by atoms with Crippen LogP contribution in [0.1, 0.15) is 37.6 Å². The van der Waals surface area contributed by atoms with Crippen LogP contribution in [0.5, 0.6) is 5.75 Å². The molecule has 1 amide bonds. The van der Waals surface area contributed by atoms with Crippen LogP contribution in [0.15, 0.2) is 18.2 Å². The van der Waals surface area contributed by atoms with Gasteiger partial charge < -0.3 is 15.8 Å². The number of anilines is 1. The summed E-state index contributed by atoms with van der Waals surface area (Å²) >= 11 is 0. The quantitative estimate of drug-likeness (QED) is 0.807. The highest BCUT2D eigenvalue weighted by Gasteiger charge is 2.14. The average Bonchev–Trinajstić information content (AvgIpc) is 2.26. The molecule has 4 nitrogen and oxygen atoms in total. The number of hydrogen-bond acceptors (Lipinski definition) is 3. The van der Waals surface area contributed by atoms with Crippen LogP contribution < -0.4 is 15.8 Å². The minimum absolute atomic E-state index is 0.129. The van der Waals surface area contributed by atoms with Gasteiger partial charge in [-0.1, -0.05) is 20.8 Å². The zero-order valence-corrected chi connectivity index (χ0v) is 11.5. The molecule has 0 saturated carbocycles. The first-order valence-electron chi connectivity index (χ1n) is 6.05. The number of ether oxygens (including phenoxy) is 1. The van der Waals surface area contributed by atoms with Gasteiger partial charge in [-0.05, 0) is 24.0 Å². The smallest absolute Gasteiger partial charge is 0.255 e. The number of rotatable bonds is 4. The summed E-state index contributed by atoms with van der Waals surface area (Å²) in [7, 11) is 1.53. The predicted octanol–water partition coefficient (Wildman–Crippen LogP) is 2.44. The molecule has 0 unspecified atom stereocenters. The van der Waals surface area contributed by atoms with E-state index in [2.05, 4.69) is 26.1 Å². The van der Waals surface area contributed by atoms with Crippen molar-refractivity contribution in [1.29, 1.82) is 0 Å². The fraction of sp³-hybridized carbons (Fsp3) is 0.500. The summed E-state index contributed by atoms with van der Waals surface area (Å²) in [4.78, 5) is 12.0. The Kier molecular flexibility index (Phi) is 4.59. The first-order chi connectivity index (χ1) is 8.33. The monoisotopic (exact) mass is 250 g/mol. The van der Waals surface area contributed by atoms with E-state index in [1.807, 2.05) is 0 Å². The summed E-state index contributed by atoms with van der Waals surface area (Å²) in [6, 6.07) is 5.03. The summed E-state index contributed by atoms with van der Waals surface area (Å²) in [5.74, 6) is 0.374. The molecule has 0 bridgehead atoms. The highest BCUT2D eigenvalue weighted by Crippen LogP contribution is 2.22. The van der Waals surface area contributed by atoms with E-state index in [4.69, 9.17) is 10.5 Å². The molecule has 0 saturated heterocycles. The second-order valence-corrected chi connectivity index (χ2v) is 5.53. The number of carbonyl (C=O) groups excluding carboxylic acids is 1. The predicted molar refractivity (Wildman–Crippen MR) is 73.8 cm³/mol. The van der Waals surface area contributed by atoms with Crippen molar-refractivity contribution in [2.24, 2.45) is 5.41 Å². The van der Waals surface area contributed by atoms with Crippen molar-refractivity contribution in [3.8, 4) is 5.75 Å². The van der Waals surface area contributed by atoms with Crippen LogP contribution in [-0.4, -0.2) is 19.6 Å². The van der Waals surface area contributed by atoms with Crippen LogP contribution in [0.4, 0.5) is 5.69 Å². The molecular formula is C14H22N2O2. The molecular weight excluding hydrogens is 228 g/mol. The van der Waals surface area contributed by atoms with E-state index in [1.54, 1.807) is 18.2 Å². The zero-order valence-electron chi connectivity index (χ0n) is 11.5. The Balaban J connectivity index is 2.67. The molecule has 100 valence electrons. The summed E-state index contributed by atoms with van der Waals surface area (Å²) in [5, 5.41) is 2.89. The summed E-state index contributed by atoms with van der Waals surface area (Å²) in [6.45, 7) is 7.07. The summed E-state index contributed by atoms with van der Waals surface area (Å²) < 4.78 is 5.15. The van der Waals surface area contributed by atoms with Crippen molar-refractivity contribution in [2.45, 2.75) is 27.2 Å². The van der Waals surface area contributed by atoms with Crippen LogP contribution in [0.3, 0.4) is 0 Å². The largest absolute Gasteiger partial charge is 0.496 e. The van der Waals surface area contributed by atoms with Gasteiger partial charge in [0.25, 0.3) is 5.91 Å². The van der Waals surface area contributed by atoms with Gasteiger partial charge >= 0.3 is 0 Å². The molecule has 0 fully saturated rings. The molecule has 0 heterocycles. The van der Waals surface area contributed by atoms with Crippen molar-refractivity contribution in [1.82, 2.24) is 5.32 Å². The van der Waals surface area contributed by atoms with E-state index in [1.165, 1.54) is 7.11 Å². The molecule has 18 heavy (non-hydrogen) atoms. The lowest BCUT2D eigenvalue weighted by molar-refractivity contribution is 0.0946. The second kappa shape index (κ2) is 5.76. The standard InChI is InChI=1S/C14H22N2O2/c1-14(2,3)7-8-16-13(17)11-6-5-10(15)9-12(11)18-4/h5-6,9H,7-8,15H2,1-4H3,(H,16,17). The number of nitrogen functional groups attached to an aromatic ring is 1. The number of nitrogens with one attached hydrogen (secondary N) is 1. The minimum Gasteiger partial charge on any atom is -0.496 e. The molecule has 0 spiro atoms. The van der Waals surface area contributed by atoms with E-state index in [0.717, 1.165) is 6.42 Å². The molecule has 3 N–H and O–H groups in total. The lowest BCUT2D eigenvalue weighted by atomic mass is 9.92. The third-order valence-electron chi connectivity index (χ3n) is 2.63. The summed E-state index contributed by atoms with van der Waals surface area (Å²) in [6.07, 6.45) is 0.927. The van der Waals surface area contributed by atoms with Crippen molar-refractivity contribution in [3.05, 3.63) is 23.8 Å². The molecule has 0 atom stereocenters. The van der Waals surface area contributed by atoms with E-state index in [9.17, 15) is 4.79 Å². The van der Waals surface area contributed by atoms with Crippen LogP contribution in [0.25, 0.3) is 0 Å². The Morgan fingerprint density at radius 2 is 2.06 bits per heavy atom. The maximum absolute atomic E-state index is 12.0. The van der Waals surface area contributed by atoms with Gasteiger partial charge in [-0.3, -0.25) is 4.79 Å². The topological polar surface area (TPSA) is 64.3 Å². The molecule has 0 aliphatic carbocycles. The molecule has 1 aromatic rings. The van der Waals surface area contributed by atoms with Crippen molar-refractivity contribution >= 4 is 11.6 Å². The van der Waals surface area contributed by atoms with Gasteiger partial charge in [0.05, 0.1) is 12.7 Å². The number of amides is 1. The molecule has 4 heteroatoms. The van der Waals surface area contributed by atoms with Crippen molar-refractivity contribution < 1.29 is 9.53 Å². The fourth-order valence-corrected chi connectivity index (χ4v) is 1.54. The van der Waals surface area contributed by atoms with E-state index < -0.39 is 0 Å². The van der Waals surface area contributed by atoms with Crippen LogP contribution in [-0.2, 0) is 0 Å². The maximum atomic E-state index is 12.0. The normalized spacial score (nSPS) is 11.1.